The van der Waals surface area contributed by atoms with Crippen LogP contribution in [0, 0.1) is 11.8 Å². The van der Waals surface area contributed by atoms with E-state index in [1.807, 2.05) is 7.05 Å². The van der Waals surface area contributed by atoms with Gasteiger partial charge in [-0.3, -0.25) is 4.57 Å². The van der Waals surface area contributed by atoms with Gasteiger partial charge in [0.05, 0.1) is 0 Å². The molecule has 0 bridgehead atoms. The van der Waals surface area contributed by atoms with Crippen LogP contribution in [-0.4, -0.2) is 34.1 Å². The topological polar surface area (TPSA) is 38.1 Å². The zero-order valence-corrected chi connectivity index (χ0v) is 8.55. The van der Waals surface area contributed by atoms with E-state index in [-0.39, 0.29) is 6.03 Å². The smallest absolute Gasteiger partial charge is 0.327 e. The van der Waals surface area contributed by atoms with E-state index in [9.17, 15) is 4.79 Å². The summed E-state index contributed by atoms with van der Waals surface area (Å²) in [5, 5.41) is 0. The van der Waals surface area contributed by atoms with Crippen molar-refractivity contribution < 1.29 is 4.79 Å². The van der Waals surface area contributed by atoms with Crippen LogP contribution in [0.4, 0.5) is 4.79 Å². The van der Waals surface area contributed by atoms with Crippen molar-refractivity contribution in [3.8, 4) is 0 Å². The Labute approximate surface area is 83.5 Å². The first-order valence-corrected chi connectivity index (χ1v) is 4.92. The lowest BCUT2D eigenvalue weighted by molar-refractivity contribution is 0.208. The van der Waals surface area contributed by atoms with Crippen LogP contribution in [0.25, 0.3) is 0 Å². The molecule has 1 aromatic rings. The summed E-state index contributed by atoms with van der Waals surface area (Å²) in [4.78, 5) is 17.3. The summed E-state index contributed by atoms with van der Waals surface area (Å²) >= 11 is 0. The number of carbonyl (C=O) groups excluding carboxylic acids is 1. The van der Waals surface area contributed by atoms with Gasteiger partial charge in [0, 0.05) is 26.0 Å². The van der Waals surface area contributed by atoms with Crippen LogP contribution in [0.15, 0.2) is 18.7 Å². The summed E-state index contributed by atoms with van der Waals surface area (Å²) in [5.41, 5.74) is 0. The molecule has 1 saturated carbocycles. The molecule has 1 fully saturated rings. The number of nitrogens with zero attached hydrogens (tertiary/aromatic N) is 3. The van der Waals surface area contributed by atoms with Gasteiger partial charge in [-0.1, -0.05) is 6.92 Å². The number of rotatable bonds is 2. The molecular weight excluding hydrogens is 178 g/mol. The Hall–Kier alpha value is -1.32. The van der Waals surface area contributed by atoms with Crippen molar-refractivity contribution >= 4 is 6.03 Å². The number of aromatic nitrogens is 2. The van der Waals surface area contributed by atoms with Gasteiger partial charge in [-0.2, -0.15) is 0 Å². The molecular formula is C10H15N3O. The summed E-state index contributed by atoms with van der Waals surface area (Å²) in [7, 11) is 1.84. The second-order valence-electron chi connectivity index (χ2n) is 4.11. The Morgan fingerprint density at radius 1 is 1.71 bits per heavy atom. The van der Waals surface area contributed by atoms with Crippen molar-refractivity contribution in [2.24, 2.45) is 11.8 Å². The Bertz CT molecular complexity index is 320. The van der Waals surface area contributed by atoms with Crippen molar-refractivity contribution in [1.29, 1.82) is 0 Å². The van der Waals surface area contributed by atoms with Crippen molar-refractivity contribution in [3.05, 3.63) is 18.7 Å². The fraction of sp³-hybridized carbons (Fsp3) is 0.600. The Kier molecular flexibility index (Phi) is 2.27. The third kappa shape index (κ3) is 1.78. The van der Waals surface area contributed by atoms with Gasteiger partial charge in [0.1, 0.15) is 6.33 Å². The predicted molar refractivity (Wildman–Crippen MR) is 52.9 cm³/mol. The molecule has 4 heteroatoms. The molecule has 14 heavy (non-hydrogen) atoms. The minimum absolute atomic E-state index is 0.00148. The van der Waals surface area contributed by atoms with Crippen LogP contribution in [0.5, 0.6) is 0 Å². The zero-order chi connectivity index (χ0) is 10.1. The lowest BCUT2D eigenvalue weighted by Gasteiger charge is -2.16. The van der Waals surface area contributed by atoms with Gasteiger partial charge < -0.3 is 4.90 Å². The van der Waals surface area contributed by atoms with Gasteiger partial charge in [-0.15, -0.1) is 0 Å². The van der Waals surface area contributed by atoms with Crippen LogP contribution >= 0.6 is 0 Å². The minimum Gasteiger partial charge on any atom is -0.327 e. The monoisotopic (exact) mass is 193 g/mol. The molecule has 0 aromatic carbocycles. The lowest BCUT2D eigenvalue weighted by Crippen LogP contribution is -2.32. The molecule has 0 aliphatic heterocycles. The third-order valence-corrected chi connectivity index (χ3v) is 2.84. The number of imidazole rings is 1. The highest BCUT2D eigenvalue weighted by Gasteiger charge is 2.34. The summed E-state index contributed by atoms with van der Waals surface area (Å²) in [6.45, 7) is 3.08. The average molecular weight is 193 g/mol. The molecule has 0 spiro atoms. The predicted octanol–water partition coefficient (Wildman–Crippen LogP) is 1.44. The first kappa shape index (κ1) is 9.24. The van der Waals surface area contributed by atoms with E-state index >= 15 is 0 Å². The molecule has 2 unspecified atom stereocenters. The Morgan fingerprint density at radius 3 is 2.93 bits per heavy atom. The summed E-state index contributed by atoms with van der Waals surface area (Å²) in [5.74, 6) is 1.49. The first-order valence-electron chi connectivity index (χ1n) is 4.92. The van der Waals surface area contributed by atoms with E-state index in [0.29, 0.717) is 5.92 Å². The van der Waals surface area contributed by atoms with Gasteiger partial charge >= 0.3 is 6.03 Å². The van der Waals surface area contributed by atoms with E-state index in [2.05, 4.69) is 11.9 Å². The van der Waals surface area contributed by atoms with E-state index < -0.39 is 0 Å². The van der Waals surface area contributed by atoms with E-state index in [1.165, 1.54) is 17.3 Å². The fourth-order valence-corrected chi connectivity index (χ4v) is 1.65. The highest BCUT2D eigenvalue weighted by atomic mass is 16.2. The largest absolute Gasteiger partial charge is 0.329 e. The van der Waals surface area contributed by atoms with Crippen molar-refractivity contribution in [3.63, 3.8) is 0 Å². The van der Waals surface area contributed by atoms with Gasteiger partial charge in [0.25, 0.3) is 0 Å². The highest BCUT2D eigenvalue weighted by molar-refractivity contribution is 5.76. The van der Waals surface area contributed by atoms with Crippen LogP contribution in [0.1, 0.15) is 13.3 Å². The zero-order valence-electron chi connectivity index (χ0n) is 8.55. The van der Waals surface area contributed by atoms with Crippen molar-refractivity contribution in [1.82, 2.24) is 14.5 Å². The normalized spacial score (nSPS) is 24.7. The number of amides is 1. The second-order valence-corrected chi connectivity index (χ2v) is 4.11. The maximum Gasteiger partial charge on any atom is 0.329 e. The number of hydrogen-bond donors (Lipinski definition) is 0. The van der Waals surface area contributed by atoms with E-state index in [0.717, 1.165) is 12.5 Å². The van der Waals surface area contributed by atoms with Gasteiger partial charge in [0.2, 0.25) is 0 Å². The minimum atomic E-state index is 0.00148. The van der Waals surface area contributed by atoms with Gasteiger partial charge in [-0.25, -0.2) is 9.78 Å². The molecule has 2 atom stereocenters. The SMILES string of the molecule is CC1CC1CN(C)C(=O)n1ccnc1. The first-order chi connectivity index (χ1) is 6.68. The van der Waals surface area contributed by atoms with Crippen molar-refractivity contribution in [2.45, 2.75) is 13.3 Å². The van der Waals surface area contributed by atoms with E-state index in [4.69, 9.17) is 0 Å². The molecule has 0 N–H and O–H groups in total. The molecule has 76 valence electrons. The molecule has 1 amide bonds. The molecule has 1 aromatic heterocycles. The molecule has 2 rings (SSSR count). The molecule has 0 radical (unpaired) electrons. The molecule has 1 aliphatic carbocycles. The standard InChI is InChI=1S/C10H15N3O/c1-8-5-9(8)6-12(2)10(14)13-4-3-11-7-13/h3-4,7-9H,5-6H2,1-2H3. The average Bonchev–Trinajstić information content (AvgIpc) is 2.72. The molecule has 1 aliphatic rings. The molecule has 0 saturated heterocycles. The van der Waals surface area contributed by atoms with Crippen LogP contribution in [-0.2, 0) is 0 Å². The van der Waals surface area contributed by atoms with Crippen LogP contribution < -0.4 is 0 Å². The highest BCUT2D eigenvalue weighted by Crippen LogP contribution is 2.37. The Balaban J connectivity index is 1.91. The Morgan fingerprint density at radius 2 is 2.43 bits per heavy atom. The summed E-state index contributed by atoms with van der Waals surface area (Å²) in [6.07, 6.45) is 6.08. The maximum absolute atomic E-state index is 11.7. The van der Waals surface area contributed by atoms with Crippen molar-refractivity contribution in [2.75, 3.05) is 13.6 Å². The van der Waals surface area contributed by atoms with Gasteiger partial charge in [0.15, 0.2) is 0 Å². The second kappa shape index (κ2) is 3.44. The van der Waals surface area contributed by atoms with Crippen LogP contribution in [0.3, 0.4) is 0 Å². The maximum atomic E-state index is 11.7. The summed E-state index contributed by atoms with van der Waals surface area (Å²) < 4.78 is 1.51. The third-order valence-electron chi connectivity index (χ3n) is 2.84. The lowest BCUT2D eigenvalue weighted by atomic mass is 10.3. The summed E-state index contributed by atoms with van der Waals surface area (Å²) in [6, 6.07) is 0.00148. The quantitative estimate of drug-likeness (QED) is 0.712. The van der Waals surface area contributed by atoms with E-state index in [1.54, 1.807) is 17.3 Å². The van der Waals surface area contributed by atoms with Crippen LogP contribution in [0.2, 0.25) is 0 Å². The number of hydrogen-bond acceptors (Lipinski definition) is 2. The fourth-order valence-electron chi connectivity index (χ4n) is 1.65. The molecule has 1 heterocycles. The van der Waals surface area contributed by atoms with Gasteiger partial charge in [-0.05, 0) is 18.3 Å². The number of carbonyl (C=O) groups is 1. The molecule has 4 nitrogen and oxygen atoms in total.